The van der Waals surface area contributed by atoms with E-state index in [1.165, 1.54) is 0 Å². The van der Waals surface area contributed by atoms with Crippen molar-refractivity contribution in [2.45, 2.75) is 53.4 Å². The zero-order chi connectivity index (χ0) is 14.1. The van der Waals surface area contributed by atoms with Gasteiger partial charge in [0.2, 0.25) is 5.91 Å². The topological polar surface area (TPSA) is 57.6 Å². The number of rotatable bonds is 9. The summed E-state index contributed by atoms with van der Waals surface area (Å²) in [6, 6.07) is 0. The van der Waals surface area contributed by atoms with Crippen LogP contribution in [0.3, 0.4) is 0 Å². The number of aliphatic carboxylic acids is 1. The molecule has 0 rings (SSSR count). The van der Waals surface area contributed by atoms with Gasteiger partial charge in [-0.2, -0.15) is 0 Å². The van der Waals surface area contributed by atoms with Crippen LogP contribution in [0, 0.1) is 11.8 Å². The molecule has 1 atom stereocenters. The molecule has 0 bridgehead atoms. The molecule has 0 aliphatic carbocycles. The van der Waals surface area contributed by atoms with Crippen LogP contribution in [0.15, 0.2) is 0 Å². The zero-order valence-corrected chi connectivity index (χ0v) is 12.1. The summed E-state index contributed by atoms with van der Waals surface area (Å²) in [6.07, 6.45) is 3.04. The molecule has 0 aromatic heterocycles. The minimum atomic E-state index is -0.849. The Bertz CT molecular complexity index is 264. The summed E-state index contributed by atoms with van der Waals surface area (Å²) in [7, 11) is 0. The van der Waals surface area contributed by atoms with Crippen LogP contribution in [-0.2, 0) is 9.59 Å². The van der Waals surface area contributed by atoms with Crippen molar-refractivity contribution in [2.75, 3.05) is 13.1 Å². The van der Waals surface area contributed by atoms with E-state index in [4.69, 9.17) is 5.11 Å². The molecule has 4 heteroatoms. The van der Waals surface area contributed by atoms with Crippen molar-refractivity contribution in [1.29, 1.82) is 0 Å². The Labute approximate surface area is 110 Å². The van der Waals surface area contributed by atoms with E-state index >= 15 is 0 Å². The molecule has 0 radical (unpaired) electrons. The summed E-state index contributed by atoms with van der Waals surface area (Å²) < 4.78 is 0. The highest BCUT2D eigenvalue weighted by Crippen LogP contribution is 2.13. The first-order chi connectivity index (χ1) is 8.38. The van der Waals surface area contributed by atoms with Crippen molar-refractivity contribution in [3.05, 3.63) is 0 Å². The molecule has 0 aromatic rings. The minimum absolute atomic E-state index is 0.00232. The van der Waals surface area contributed by atoms with Crippen LogP contribution in [0.2, 0.25) is 0 Å². The lowest BCUT2D eigenvalue weighted by Gasteiger charge is -2.27. The third-order valence-corrected chi connectivity index (χ3v) is 2.91. The summed E-state index contributed by atoms with van der Waals surface area (Å²) in [4.78, 5) is 24.6. The van der Waals surface area contributed by atoms with Gasteiger partial charge in [-0.3, -0.25) is 9.59 Å². The lowest BCUT2D eigenvalue weighted by Crippen LogP contribution is -2.39. The van der Waals surface area contributed by atoms with Crippen molar-refractivity contribution >= 4 is 11.9 Å². The predicted octanol–water partition coefficient (Wildman–Crippen LogP) is 2.77. The van der Waals surface area contributed by atoms with Gasteiger partial charge in [-0.05, 0) is 12.3 Å². The summed E-state index contributed by atoms with van der Waals surface area (Å²) >= 11 is 0. The van der Waals surface area contributed by atoms with E-state index in [0.717, 1.165) is 19.3 Å². The molecule has 0 aliphatic rings. The molecule has 0 aromatic carbocycles. The molecule has 0 aliphatic heterocycles. The van der Waals surface area contributed by atoms with Crippen LogP contribution >= 0.6 is 0 Å². The van der Waals surface area contributed by atoms with Crippen LogP contribution in [0.25, 0.3) is 0 Å². The maximum atomic E-state index is 12.2. The van der Waals surface area contributed by atoms with Gasteiger partial charge in [0, 0.05) is 19.0 Å². The van der Waals surface area contributed by atoms with Crippen LogP contribution in [-0.4, -0.2) is 35.0 Å². The second-order valence-corrected chi connectivity index (χ2v) is 5.37. The number of unbranched alkanes of at least 4 members (excludes halogenated alkanes) is 1. The SMILES string of the molecule is CCCCC(C)C(=O)N(CCC(=O)O)CC(C)C. The predicted molar refractivity (Wildman–Crippen MR) is 72.4 cm³/mol. The average molecular weight is 257 g/mol. The fourth-order valence-corrected chi connectivity index (χ4v) is 1.91. The summed E-state index contributed by atoms with van der Waals surface area (Å²) in [6.45, 7) is 9.08. The summed E-state index contributed by atoms with van der Waals surface area (Å²) in [5, 5.41) is 8.72. The molecular formula is C14H27NO3. The normalized spacial score (nSPS) is 12.5. The first-order valence-corrected chi connectivity index (χ1v) is 6.89. The number of carbonyl (C=O) groups is 2. The van der Waals surface area contributed by atoms with Gasteiger partial charge in [0.1, 0.15) is 0 Å². The van der Waals surface area contributed by atoms with Gasteiger partial charge in [0.25, 0.3) is 0 Å². The van der Waals surface area contributed by atoms with Gasteiger partial charge in [-0.1, -0.05) is 40.5 Å². The van der Waals surface area contributed by atoms with Crippen molar-refractivity contribution in [1.82, 2.24) is 4.90 Å². The Morgan fingerprint density at radius 1 is 1.22 bits per heavy atom. The number of hydrogen-bond acceptors (Lipinski definition) is 2. The van der Waals surface area contributed by atoms with Crippen LogP contribution in [0.1, 0.15) is 53.4 Å². The average Bonchev–Trinajstić information content (AvgIpc) is 2.29. The van der Waals surface area contributed by atoms with E-state index in [1.807, 2.05) is 20.8 Å². The monoisotopic (exact) mass is 257 g/mol. The molecule has 0 spiro atoms. The number of nitrogens with zero attached hydrogens (tertiary/aromatic N) is 1. The number of hydrogen-bond donors (Lipinski definition) is 1. The van der Waals surface area contributed by atoms with Gasteiger partial charge in [-0.25, -0.2) is 0 Å². The Morgan fingerprint density at radius 3 is 2.28 bits per heavy atom. The Kier molecular flexibility index (Phi) is 8.42. The first kappa shape index (κ1) is 16.9. The van der Waals surface area contributed by atoms with E-state index < -0.39 is 5.97 Å². The maximum Gasteiger partial charge on any atom is 0.305 e. The number of carboxylic acids is 1. The second kappa shape index (κ2) is 8.95. The standard InChI is InChI=1S/C14H27NO3/c1-5-6-7-12(4)14(18)15(10-11(2)3)9-8-13(16)17/h11-12H,5-10H2,1-4H3,(H,16,17). The van der Waals surface area contributed by atoms with Crippen molar-refractivity contribution in [2.24, 2.45) is 11.8 Å². The molecule has 18 heavy (non-hydrogen) atoms. The van der Waals surface area contributed by atoms with E-state index in [1.54, 1.807) is 4.90 Å². The highest BCUT2D eigenvalue weighted by Gasteiger charge is 2.21. The summed E-state index contributed by atoms with van der Waals surface area (Å²) in [5.74, 6) is -0.394. The number of carbonyl (C=O) groups excluding carboxylic acids is 1. The number of carboxylic acid groups (broad SMARTS) is 1. The lowest BCUT2D eigenvalue weighted by atomic mass is 10.0. The van der Waals surface area contributed by atoms with Crippen LogP contribution in [0.4, 0.5) is 0 Å². The molecular weight excluding hydrogens is 230 g/mol. The minimum Gasteiger partial charge on any atom is -0.481 e. The zero-order valence-electron chi connectivity index (χ0n) is 12.1. The Balaban J connectivity index is 4.42. The van der Waals surface area contributed by atoms with Gasteiger partial charge in [0.05, 0.1) is 6.42 Å². The van der Waals surface area contributed by atoms with E-state index in [2.05, 4.69) is 6.92 Å². The quantitative estimate of drug-likeness (QED) is 0.691. The van der Waals surface area contributed by atoms with Gasteiger partial charge in [0.15, 0.2) is 0 Å². The first-order valence-electron chi connectivity index (χ1n) is 6.89. The fraction of sp³-hybridized carbons (Fsp3) is 0.857. The van der Waals surface area contributed by atoms with Crippen molar-refractivity contribution in [3.63, 3.8) is 0 Å². The van der Waals surface area contributed by atoms with E-state index in [0.29, 0.717) is 19.0 Å². The third-order valence-electron chi connectivity index (χ3n) is 2.91. The Morgan fingerprint density at radius 2 is 1.83 bits per heavy atom. The maximum absolute atomic E-state index is 12.2. The molecule has 0 heterocycles. The highest BCUT2D eigenvalue weighted by atomic mass is 16.4. The lowest BCUT2D eigenvalue weighted by molar-refractivity contribution is -0.140. The fourth-order valence-electron chi connectivity index (χ4n) is 1.91. The van der Waals surface area contributed by atoms with Crippen molar-refractivity contribution < 1.29 is 14.7 Å². The largest absolute Gasteiger partial charge is 0.481 e. The highest BCUT2D eigenvalue weighted by molar-refractivity contribution is 5.79. The van der Waals surface area contributed by atoms with Gasteiger partial charge < -0.3 is 10.0 Å². The van der Waals surface area contributed by atoms with Gasteiger partial charge in [-0.15, -0.1) is 0 Å². The van der Waals surface area contributed by atoms with Crippen molar-refractivity contribution in [3.8, 4) is 0 Å². The Hall–Kier alpha value is -1.06. The van der Waals surface area contributed by atoms with Crippen LogP contribution < -0.4 is 0 Å². The second-order valence-electron chi connectivity index (χ2n) is 5.37. The molecule has 1 N–H and O–H groups in total. The molecule has 0 fully saturated rings. The molecule has 0 saturated carbocycles. The molecule has 1 amide bonds. The number of amides is 1. The third kappa shape index (κ3) is 7.30. The van der Waals surface area contributed by atoms with E-state index in [-0.39, 0.29) is 18.2 Å². The molecule has 0 saturated heterocycles. The summed E-state index contributed by atoms with van der Waals surface area (Å²) in [5.41, 5.74) is 0. The van der Waals surface area contributed by atoms with E-state index in [9.17, 15) is 9.59 Å². The van der Waals surface area contributed by atoms with Crippen LogP contribution in [0.5, 0.6) is 0 Å². The smallest absolute Gasteiger partial charge is 0.305 e. The molecule has 1 unspecified atom stereocenters. The van der Waals surface area contributed by atoms with Gasteiger partial charge >= 0.3 is 5.97 Å². The molecule has 4 nitrogen and oxygen atoms in total. The molecule has 106 valence electrons.